The first kappa shape index (κ1) is 16.0. The molecule has 118 valence electrons. The molecular weight excluding hydrogens is 282 g/mol. The number of benzene rings is 1. The maximum absolute atomic E-state index is 12.0. The summed E-state index contributed by atoms with van der Waals surface area (Å²) in [7, 11) is 0. The van der Waals surface area contributed by atoms with E-state index in [0.29, 0.717) is 6.42 Å². The average molecular weight is 303 g/mol. The number of nitrogens with one attached hydrogen (secondary N) is 2. The predicted molar refractivity (Wildman–Crippen MR) is 83.5 cm³/mol. The summed E-state index contributed by atoms with van der Waals surface area (Å²) in [6.45, 7) is 5.68. The van der Waals surface area contributed by atoms with Gasteiger partial charge in [-0.1, -0.05) is 35.0 Å². The van der Waals surface area contributed by atoms with Crippen LogP contribution in [0.1, 0.15) is 31.4 Å². The van der Waals surface area contributed by atoms with Crippen molar-refractivity contribution in [1.82, 2.24) is 10.6 Å². The fourth-order valence-electron chi connectivity index (χ4n) is 2.09. The van der Waals surface area contributed by atoms with Crippen molar-refractivity contribution in [3.05, 3.63) is 35.4 Å². The maximum atomic E-state index is 12.0. The zero-order valence-corrected chi connectivity index (χ0v) is 13.1. The fraction of sp³-hybridized carbons (Fsp3) is 0.438. The summed E-state index contributed by atoms with van der Waals surface area (Å²) in [5.74, 6) is -0.550. The predicted octanol–water partition coefficient (Wildman–Crippen LogP) is 1.13. The second kappa shape index (κ2) is 7.06. The lowest BCUT2D eigenvalue weighted by Crippen LogP contribution is -2.43. The van der Waals surface area contributed by atoms with Gasteiger partial charge in [0.25, 0.3) is 5.91 Å². The number of hydrogen-bond donors (Lipinski definition) is 2. The molecule has 6 nitrogen and oxygen atoms in total. The van der Waals surface area contributed by atoms with E-state index in [4.69, 9.17) is 4.84 Å². The van der Waals surface area contributed by atoms with E-state index in [1.165, 1.54) is 0 Å². The van der Waals surface area contributed by atoms with E-state index in [-0.39, 0.29) is 24.4 Å². The van der Waals surface area contributed by atoms with Gasteiger partial charge >= 0.3 is 0 Å². The molecule has 1 heterocycles. The summed E-state index contributed by atoms with van der Waals surface area (Å²) < 4.78 is 0. The van der Waals surface area contributed by atoms with Crippen LogP contribution in [-0.4, -0.2) is 36.2 Å². The average Bonchev–Trinajstić information content (AvgIpc) is 2.94. The molecule has 0 aromatic heterocycles. The van der Waals surface area contributed by atoms with Crippen molar-refractivity contribution in [2.45, 2.75) is 39.3 Å². The Hall–Kier alpha value is -2.37. The topological polar surface area (TPSA) is 79.8 Å². The van der Waals surface area contributed by atoms with Gasteiger partial charge in [-0.15, -0.1) is 0 Å². The number of carbonyl (C=O) groups excluding carboxylic acids is 2. The van der Waals surface area contributed by atoms with Gasteiger partial charge in [0.05, 0.1) is 12.3 Å². The molecule has 0 spiro atoms. The van der Waals surface area contributed by atoms with Crippen LogP contribution in [0.15, 0.2) is 29.4 Å². The van der Waals surface area contributed by atoms with E-state index in [2.05, 4.69) is 15.8 Å². The molecule has 1 aromatic carbocycles. The highest BCUT2D eigenvalue weighted by Gasteiger charge is 2.28. The molecule has 2 amide bonds. The Bertz CT molecular complexity index is 579. The summed E-state index contributed by atoms with van der Waals surface area (Å²) in [5, 5.41) is 9.24. The molecule has 6 heteroatoms. The van der Waals surface area contributed by atoms with Crippen LogP contribution in [0.4, 0.5) is 0 Å². The lowest BCUT2D eigenvalue weighted by molar-refractivity contribution is -0.133. The number of aryl methyl sites for hydroxylation is 1. The lowest BCUT2D eigenvalue weighted by Gasteiger charge is -2.11. The zero-order valence-electron chi connectivity index (χ0n) is 13.1. The highest BCUT2D eigenvalue weighted by atomic mass is 16.6. The largest absolute Gasteiger partial charge is 0.382 e. The van der Waals surface area contributed by atoms with Gasteiger partial charge in [-0.25, -0.2) is 0 Å². The minimum absolute atomic E-state index is 0.0450. The number of carbonyl (C=O) groups is 2. The molecule has 1 aromatic rings. The van der Waals surface area contributed by atoms with Gasteiger partial charge in [0.15, 0.2) is 0 Å². The molecule has 0 radical (unpaired) electrons. The van der Waals surface area contributed by atoms with Crippen molar-refractivity contribution in [3.8, 4) is 0 Å². The Balaban J connectivity index is 1.82. The van der Waals surface area contributed by atoms with Crippen molar-refractivity contribution in [1.29, 1.82) is 0 Å². The van der Waals surface area contributed by atoms with Crippen molar-refractivity contribution >= 4 is 17.5 Å². The summed E-state index contributed by atoms with van der Waals surface area (Å²) in [5.41, 5.74) is 2.85. The minimum Gasteiger partial charge on any atom is -0.382 e. The SMILES string of the molecule is Cc1ccc(C2=NO[C@H](C(=O)NCC(=O)NC(C)C)C2)cc1. The third-order valence-electron chi connectivity index (χ3n) is 3.22. The first-order valence-electron chi connectivity index (χ1n) is 7.32. The van der Waals surface area contributed by atoms with Crippen LogP contribution >= 0.6 is 0 Å². The van der Waals surface area contributed by atoms with E-state index in [1.54, 1.807) is 0 Å². The van der Waals surface area contributed by atoms with Crippen LogP contribution in [-0.2, 0) is 14.4 Å². The zero-order chi connectivity index (χ0) is 16.1. The van der Waals surface area contributed by atoms with E-state index in [1.807, 2.05) is 45.0 Å². The van der Waals surface area contributed by atoms with Gasteiger partial charge in [-0.05, 0) is 26.3 Å². The lowest BCUT2D eigenvalue weighted by atomic mass is 10.0. The summed E-state index contributed by atoms with van der Waals surface area (Å²) in [6.07, 6.45) is -0.274. The van der Waals surface area contributed by atoms with Gasteiger partial charge in [0.2, 0.25) is 12.0 Å². The number of oxime groups is 1. The van der Waals surface area contributed by atoms with E-state index in [0.717, 1.165) is 16.8 Å². The van der Waals surface area contributed by atoms with Crippen molar-refractivity contribution in [2.75, 3.05) is 6.54 Å². The highest BCUT2D eigenvalue weighted by Crippen LogP contribution is 2.17. The first-order valence-corrected chi connectivity index (χ1v) is 7.32. The van der Waals surface area contributed by atoms with Crippen LogP contribution in [0.3, 0.4) is 0 Å². The number of amides is 2. The van der Waals surface area contributed by atoms with Gasteiger partial charge in [0, 0.05) is 12.5 Å². The Labute approximate surface area is 129 Å². The molecular formula is C16H21N3O3. The van der Waals surface area contributed by atoms with Crippen LogP contribution < -0.4 is 10.6 Å². The van der Waals surface area contributed by atoms with Crippen LogP contribution in [0.2, 0.25) is 0 Å². The molecule has 1 atom stereocenters. The van der Waals surface area contributed by atoms with E-state index in [9.17, 15) is 9.59 Å². The third kappa shape index (κ3) is 4.31. The fourth-order valence-corrected chi connectivity index (χ4v) is 2.09. The molecule has 2 N–H and O–H groups in total. The van der Waals surface area contributed by atoms with Gasteiger partial charge in [-0.3, -0.25) is 9.59 Å². The summed E-state index contributed by atoms with van der Waals surface area (Å²) >= 11 is 0. The Kier molecular flexibility index (Phi) is 5.14. The van der Waals surface area contributed by atoms with E-state index < -0.39 is 6.10 Å². The van der Waals surface area contributed by atoms with Crippen LogP contribution in [0, 0.1) is 6.92 Å². The number of nitrogens with zero attached hydrogens (tertiary/aromatic N) is 1. The molecule has 0 aliphatic carbocycles. The minimum atomic E-state index is -0.678. The third-order valence-corrected chi connectivity index (χ3v) is 3.22. The molecule has 22 heavy (non-hydrogen) atoms. The van der Waals surface area contributed by atoms with Crippen molar-refractivity contribution in [2.24, 2.45) is 5.16 Å². The Morgan fingerprint density at radius 2 is 2.00 bits per heavy atom. The van der Waals surface area contributed by atoms with Gasteiger partial charge in [0.1, 0.15) is 0 Å². The highest BCUT2D eigenvalue weighted by molar-refractivity contribution is 6.04. The monoisotopic (exact) mass is 303 g/mol. The quantitative estimate of drug-likeness (QED) is 0.855. The first-order chi connectivity index (χ1) is 10.5. The van der Waals surface area contributed by atoms with Crippen LogP contribution in [0.25, 0.3) is 0 Å². The molecule has 2 rings (SSSR count). The second-order valence-corrected chi connectivity index (χ2v) is 5.64. The normalized spacial score (nSPS) is 16.9. The summed E-state index contributed by atoms with van der Waals surface area (Å²) in [6, 6.07) is 7.92. The smallest absolute Gasteiger partial charge is 0.264 e. The standard InChI is InChI=1S/C16H21N3O3/c1-10(2)18-15(20)9-17-16(21)14-8-13(19-22-14)12-6-4-11(3)5-7-12/h4-7,10,14H,8-9H2,1-3H3,(H,17,21)(H,18,20)/t14-/m0/s1. The van der Waals surface area contributed by atoms with Crippen molar-refractivity contribution < 1.29 is 14.4 Å². The molecule has 0 unspecified atom stereocenters. The molecule has 0 bridgehead atoms. The molecule has 1 aliphatic heterocycles. The molecule has 0 saturated heterocycles. The number of hydrogen-bond acceptors (Lipinski definition) is 4. The second-order valence-electron chi connectivity index (χ2n) is 5.64. The molecule has 1 aliphatic rings. The van der Waals surface area contributed by atoms with Crippen LogP contribution in [0.5, 0.6) is 0 Å². The Morgan fingerprint density at radius 3 is 2.64 bits per heavy atom. The molecule has 0 fully saturated rings. The van der Waals surface area contributed by atoms with Gasteiger partial charge in [-0.2, -0.15) is 0 Å². The summed E-state index contributed by atoms with van der Waals surface area (Å²) in [4.78, 5) is 28.6. The van der Waals surface area contributed by atoms with E-state index >= 15 is 0 Å². The molecule has 0 saturated carbocycles. The Morgan fingerprint density at radius 1 is 1.32 bits per heavy atom. The number of rotatable bonds is 5. The van der Waals surface area contributed by atoms with Gasteiger partial charge < -0.3 is 15.5 Å². The van der Waals surface area contributed by atoms with Crippen molar-refractivity contribution in [3.63, 3.8) is 0 Å². The maximum Gasteiger partial charge on any atom is 0.264 e.